The van der Waals surface area contributed by atoms with Crippen LogP contribution < -0.4 is 14.8 Å². The van der Waals surface area contributed by atoms with Crippen molar-refractivity contribution in [1.29, 1.82) is 0 Å². The van der Waals surface area contributed by atoms with Crippen LogP contribution in [0.15, 0.2) is 42.5 Å². The SMILES string of the molecule is COc1ccc(OC)c([C@H]2CCCN2CC(=O)Nc2ccc(Cl)cc2)c1. The molecule has 1 amide bonds. The Hall–Kier alpha value is -2.24. The van der Waals surface area contributed by atoms with Crippen LogP contribution in [0.3, 0.4) is 0 Å². The fourth-order valence-electron chi connectivity index (χ4n) is 3.39. The maximum absolute atomic E-state index is 12.5. The molecule has 2 aromatic rings. The summed E-state index contributed by atoms with van der Waals surface area (Å²) in [7, 11) is 3.31. The number of ether oxygens (including phenoxy) is 2. The number of rotatable bonds is 6. The summed E-state index contributed by atoms with van der Waals surface area (Å²) < 4.78 is 10.9. The van der Waals surface area contributed by atoms with E-state index in [1.54, 1.807) is 38.5 Å². The first-order chi connectivity index (χ1) is 12.6. The molecular formula is C20H23ClN2O3. The molecule has 0 radical (unpaired) electrons. The molecule has 1 heterocycles. The molecule has 1 N–H and O–H groups in total. The molecule has 26 heavy (non-hydrogen) atoms. The Morgan fingerprint density at radius 1 is 1.19 bits per heavy atom. The number of carbonyl (C=O) groups is 1. The molecule has 0 aliphatic carbocycles. The summed E-state index contributed by atoms with van der Waals surface area (Å²) in [5.41, 5.74) is 1.80. The zero-order chi connectivity index (χ0) is 18.5. The van der Waals surface area contributed by atoms with E-state index in [0.717, 1.165) is 42.1 Å². The minimum Gasteiger partial charge on any atom is -0.497 e. The lowest BCUT2D eigenvalue weighted by Gasteiger charge is -2.26. The maximum atomic E-state index is 12.5. The predicted molar refractivity (Wildman–Crippen MR) is 103 cm³/mol. The normalized spacial score (nSPS) is 17.1. The molecular weight excluding hydrogens is 352 g/mol. The third-order valence-corrected chi connectivity index (χ3v) is 4.89. The Morgan fingerprint density at radius 3 is 2.65 bits per heavy atom. The Balaban J connectivity index is 1.72. The summed E-state index contributed by atoms with van der Waals surface area (Å²) in [6, 6.07) is 13.1. The van der Waals surface area contributed by atoms with Crippen LogP contribution in [0, 0.1) is 0 Å². The molecule has 1 aliphatic heterocycles. The number of hydrogen-bond acceptors (Lipinski definition) is 4. The van der Waals surface area contributed by atoms with E-state index >= 15 is 0 Å². The largest absolute Gasteiger partial charge is 0.497 e. The Labute approximate surface area is 158 Å². The van der Waals surface area contributed by atoms with Crippen LogP contribution in [0.5, 0.6) is 11.5 Å². The van der Waals surface area contributed by atoms with Crippen LogP contribution in [0.2, 0.25) is 5.02 Å². The van der Waals surface area contributed by atoms with Gasteiger partial charge in [-0.05, 0) is 61.9 Å². The molecule has 1 saturated heterocycles. The molecule has 1 fully saturated rings. The molecule has 0 spiro atoms. The van der Waals surface area contributed by atoms with Gasteiger partial charge in [0.1, 0.15) is 11.5 Å². The number of nitrogens with zero attached hydrogens (tertiary/aromatic N) is 1. The lowest BCUT2D eigenvalue weighted by Crippen LogP contribution is -2.33. The summed E-state index contributed by atoms with van der Waals surface area (Å²) >= 11 is 5.88. The quantitative estimate of drug-likeness (QED) is 0.825. The smallest absolute Gasteiger partial charge is 0.238 e. The van der Waals surface area contributed by atoms with E-state index in [0.29, 0.717) is 11.6 Å². The molecule has 0 aromatic heterocycles. The van der Waals surface area contributed by atoms with Crippen LogP contribution in [0.1, 0.15) is 24.4 Å². The summed E-state index contributed by atoms with van der Waals surface area (Å²) in [6.07, 6.45) is 2.02. The van der Waals surface area contributed by atoms with E-state index in [4.69, 9.17) is 21.1 Å². The molecule has 2 aromatic carbocycles. The van der Waals surface area contributed by atoms with Crippen LogP contribution in [0.25, 0.3) is 0 Å². The molecule has 0 saturated carbocycles. The van der Waals surface area contributed by atoms with E-state index in [1.165, 1.54) is 0 Å². The van der Waals surface area contributed by atoms with E-state index in [9.17, 15) is 4.79 Å². The van der Waals surface area contributed by atoms with Crippen molar-refractivity contribution in [3.8, 4) is 11.5 Å². The van der Waals surface area contributed by atoms with Crippen molar-refractivity contribution >= 4 is 23.2 Å². The van der Waals surface area contributed by atoms with Crippen molar-refractivity contribution in [2.24, 2.45) is 0 Å². The average Bonchev–Trinajstić information content (AvgIpc) is 3.10. The van der Waals surface area contributed by atoms with Crippen LogP contribution in [-0.4, -0.2) is 38.1 Å². The van der Waals surface area contributed by atoms with Gasteiger partial charge in [-0.15, -0.1) is 0 Å². The molecule has 1 atom stereocenters. The van der Waals surface area contributed by atoms with Crippen LogP contribution in [-0.2, 0) is 4.79 Å². The molecule has 3 rings (SSSR count). The van der Waals surface area contributed by atoms with Gasteiger partial charge in [0.2, 0.25) is 5.91 Å². The van der Waals surface area contributed by atoms with Gasteiger partial charge < -0.3 is 14.8 Å². The summed E-state index contributed by atoms with van der Waals surface area (Å²) in [6.45, 7) is 1.20. The van der Waals surface area contributed by atoms with E-state index < -0.39 is 0 Å². The number of halogens is 1. The zero-order valence-corrected chi connectivity index (χ0v) is 15.8. The third kappa shape index (κ3) is 4.29. The number of benzene rings is 2. The number of methoxy groups -OCH3 is 2. The van der Waals surface area contributed by atoms with Gasteiger partial charge in [-0.1, -0.05) is 11.6 Å². The molecule has 5 nitrogen and oxygen atoms in total. The topological polar surface area (TPSA) is 50.8 Å². The molecule has 138 valence electrons. The highest BCUT2D eigenvalue weighted by Gasteiger charge is 2.30. The number of likely N-dealkylation sites (tertiary alicyclic amines) is 1. The van der Waals surface area contributed by atoms with Crippen molar-refractivity contribution < 1.29 is 14.3 Å². The molecule has 6 heteroatoms. The predicted octanol–water partition coefficient (Wildman–Crippen LogP) is 4.13. The van der Waals surface area contributed by atoms with Gasteiger partial charge in [0.05, 0.1) is 20.8 Å². The van der Waals surface area contributed by atoms with Gasteiger partial charge in [-0.25, -0.2) is 0 Å². The molecule has 0 bridgehead atoms. The molecule has 0 unspecified atom stereocenters. The van der Waals surface area contributed by atoms with Gasteiger partial charge in [-0.3, -0.25) is 9.69 Å². The van der Waals surface area contributed by atoms with Crippen molar-refractivity contribution in [1.82, 2.24) is 4.90 Å². The first-order valence-electron chi connectivity index (χ1n) is 8.62. The standard InChI is InChI=1S/C20H23ClN2O3/c1-25-16-9-10-19(26-2)17(12-16)18-4-3-11-23(18)13-20(24)22-15-7-5-14(21)6-8-15/h5-10,12,18H,3-4,11,13H2,1-2H3,(H,22,24)/t18-/m1/s1. The fourth-order valence-corrected chi connectivity index (χ4v) is 3.51. The second-order valence-corrected chi connectivity index (χ2v) is 6.73. The molecule has 1 aliphatic rings. The summed E-state index contributed by atoms with van der Waals surface area (Å²) in [5.74, 6) is 1.57. The number of nitrogens with one attached hydrogen (secondary N) is 1. The van der Waals surface area contributed by atoms with Crippen LogP contribution in [0.4, 0.5) is 5.69 Å². The maximum Gasteiger partial charge on any atom is 0.238 e. The average molecular weight is 375 g/mol. The Bertz CT molecular complexity index is 764. The second kappa shape index (κ2) is 8.43. The monoisotopic (exact) mass is 374 g/mol. The number of anilines is 1. The van der Waals surface area contributed by atoms with E-state index in [-0.39, 0.29) is 11.9 Å². The van der Waals surface area contributed by atoms with E-state index in [1.807, 2.05) is 18.2 Å². The minimum absolute atomic E-state index is 0.0407. The summed E-state index contributed by atoms with van der Waals surface area (Å²) in [5, 5.41) is 3.57. The Kier molecular flexibility index (Phi) is 6.01. The number of hydrogen-bond donors (Lipinski definition) is 1. The van der Waals surface area contributed by atoms with Gasteiger partial charge in [0.15, 0.2) is 0 Å². The van der Waals surface area contributed by atoms with Crippen molar-refractivity contribution in [2.75, 3.05) is 32.6 Å². The number of carbonyl (C=O) groups excluding carboxylic acids is 1. The first-order valence-corrected chi connectivity index (χ1v) is 9.00. The lowest BCUT2D eigenvalue weighted by molar-refractivity contribution is -0.117. The number of amides is 1. The van der Waals surface area contributed by atoms with Crippen molar-refractivity contribution in [3.63, 3.8) is 0 Å². The Morgan fingerprint density at radius 2 is 1.96 bits per heavy atom. The third-order valence-electron chi connectivity index (χ3n) is 4.63. The first kappa shape index (κ1) is 18.5. The van der Waals surface area contributed by atoms with Crippen LogP contribution >= 0.6 is 11.6 Å². The van der Waals surface area contributed by atoms with Gasteiger partial charge >= 0.3 is 0 Å². The lowest BCUT2D eigenvalue weighted by atomic mass is 10.0. The highest BCUT2D eigenvalue weighted by molar-refractivity contribution is 6.30. The zero-order valence-electron chi connectivity index (χ0n) is 15.0. The van der Waals surface area contributed by atoms with Gasteiger partial charge in [0.25, 0.3) is 0 Å². The van der Waals surface area contributed by atoms with Crippen molar-refractivity contribution in [2.45, 2.75) is 18.9 Å². The minimum atomic E-state index is -0.0407. The second-order valence-electron chi connectivity index (χ2n) is 6.29. The summed E-state index contributed by atoms with van der Waals surface area (Å²) in [4.78, 5) is 14.6. The van der Waals surface area contributed by atoms with Gasteiger partial charge in [-0.2, -0.15) is 0 Å². The van der Waals surface area contributed by atoms with Crippen molar-refractivity contribution in [3.05, 3.63) is 53.1 Å². The van der Waals surface area contributed by atoms with E-state index in [2.05, 4.69) is 10.2 Å². The van der Waals surface area contributed by atoms with Gasteiger partial charge in [0, 0.05) is 22.3 Å². The highest BCUT2D eigenvalue weighted by Crippen LogP contribution is 2.38. The highest BCUT2D eigenvalue weighted by atomic mass is 35.5. The fraction of sp³-hybridized carbons (Fsp3) is 0.350.